The van der Waals surface area contributed by atoms with E-state index in [0.29, 0.717) is 5.76 Å². The highest BCUT2D eigenvalue weighted by molar-refractivity contribution is 6.33. The van der Waals surface area contributed by atoms with Crippen LogP contribution >= 0.6 is 11.6 Å². The SMILES string of the molecule is O=C(NC(c1ccccc1)c1ccco1)c1ccc(F)cc1Cl. The standard InChI is InChI=1S/C18H13ClFNO2/c19-15-11-13(20)8-9-14(15)18(22)21-17(16-7-4-10-23-16)12-5-2-1-3-6-12/h1-11,17H,(H,21,22). The molecule has 1 atom stereocenters. The quantitative estimate of drug-likeness (QED) is 0.760. The van der Waals surface area contributed by atoms with Crippen LogP contribution in [-0.4, -0.2) is 5.91 Å². The van der Waals surface area contributed by atoms with Crippen LogP contribution in [0.1, 0.15) is 27.7 Å². The van der Waals surface area contributed by atoms with Crippen LogP contribution in [0.25, 0.3) is 0 Å². The molecule has 0 spiro atoms. The Morgan fingerprint density at radius 3 is 2.52 bits per heavy atom. The lowest BCUT2D eigenvalue weighted by Crippen LogP contribution is -2.29. The van der Waals surface area contributed by atoms with Crippen LogP contribution in [-0.2, 0) is 0 Å². The van der Waals surface area contributed by atoms with Crippen LogP contribution in [0.5, 0.6) is 0 Å². The summed E-state index contributed by atoms with van der Waals surface area (Å²) in [6, 6.07) is 16.2. The Morgan fingerprint density at radius 1 is 1.09 bits per heavy atom. The van der Waals surface area contributed by atoms with Gasteiger partial charge in [-0.15, -0.1) is 0 Å². The molecule has 0 aliphatic rings. The van der Waals surface area contributed by atoms with E-state index in [4.69, 9.17) is 16.0 Å². The first-order valence-corrected chi connectivity index (χ1v) is 7.37. The Hall–Kier alpha value is -2.59. The van der Waals surface area contributed by atoms with Gasteiger partial charge in [0.1, 0.15) is 17.6 Å². The van der Waals surface area contributed by atoms with Gasteiger partial charge < -0.3 is 9.73 Å². The van der Waals surface area contributed by atoms with Crippen molar-refractivity contribution in [2.45, 2.75) is 6.04 Å². The van der Waals surface area contributed by atoms with Crippen LogP contribution in [0.2, 0.25) is 5.02 Å². The molecule has 3 rings (SSSR count). The molecule has 1 unspecified atom stereocenters. The summed E-state index contributed by atoms with van der Waals surface area (Å²) >= 11 is 5.95. The number of rotatable bonds is 4. The molecule has 3 aromatic rings. The van der Waals surface area contributed by atoms with Crippen LogP contribution < -0.4 is 5.32 Å². The second kappa shape index (κ2) is 6.67. The predicted octanol–water partition coefficient (Wildman–Crippen LogP) is 4.59. The molecule has 0 saturated carbocycles. The smallest absolute Gasteiger partial charge is 0.253 e. The Kier molecular flexibility index (Phi) is 4.44. The Balaban J connectivity index is 1.91. The number of amides is 1. The normalized spacial score (nSPS) is 11.9. The fourth-order valence-corrected chi connectivity index (χ4v) is 2.56. The van der Waals surface area contributed by atoms with E-state index in [1.807, 2.05) is 30.3 Å². The van der Waals surface area contributed by atoms with Crippen LogP contribution in [0.15, 0.2) is 71.3 Å². The van der Waals surface area contributed by atoms with E-state index >= 15 is 0 Å². The number of nitrogens with one attached hydrogen (secondary N) is 1. The van der Waals surface area contributed by atoms with Crippen LogP contribution in [0.4, 0.5) is 4.39 Å². The van der Waals surface area contributed by atoms with Crippen LogP contribution in [0, 0.1) is 5.82 Å². The van der Waals surface area contributed by atoms with Gasteiger partial charge in [-0.3, -0.25) is 4.79 Å². The number of benzene rings is 2. The third-order valence-electron chi connectivity index (χ3n) is 3.41. The van der Waals surface area contributed by atoms with Crippen molar-refractivity contribution >= 4 is 17.5 Å². The molecule has 1 amide bonds. The van der Waals surface area contributed by atoms with E-state index in [2.05, 4.69) is 5.32 Å². The van der Waals surface area contributed by atoms with Crippen molar-refractivity contribution in [3.63, 3.8) is 0 Å². The summed E-state index contributed by atoms with van der Waals surface area (Å²) in [5, 5.41) is 2.94. The first-order chi connectivity index (χ1) is 11.1. The topological polar surface area (TPSA) is 42.2 Å². The molecule has 1 N–H and O–H groups in total. The van der Waals surface area contributed by atoms with Gasteiger partial charge in [-0.2, -0.15) is 0 Å². The van der Waals surface area contributed by atoms with Crippen molar-refractivity contribution in [3.8, 4) is 0 Å². The molecule has 116 valence electrons. The lowest BCUT2D eigenvalue weighted by Gasteiger charge is -2.17. The number of hydrogen-bond acceptors (Lipinski definition) is 2. The number of halogens is 2. The van der Waals surface area contributed by atoms with Gasteiger partial charge in [-0.25, -0.2) is 4.39 Å². The highest BCUT2D eigenvalue weighted by Crippen LogP contribution is 2.24. The monoisotopic (exact) mass is 329 g/mol. The van der Waals surface area contributed by atoms with Crippen molar-refractivity contribution in [2.24, 2.45) is 0 Å². The van der Waals surface area contributed by atoms with E-state index in [1.54, 1.807) is 18.4 Å². The highest BCUT2D eigenvalue weighted by atomic mass is 35.5. The maximum absolute atomic E-state index is 13.1. The van der Waals surface area contributed by atoms with Gasteiger partial charge in [0.2, 0.25) is 0 Å². The van der Waals surface area contributed by atoms with E-state index < -0.39 is 17.8 Å². The van der Waals surface area contributed by atoms with Gasteiger partial charge in [0, 0.05) is 0 Å². The maximum Gasteiger partial charge on any atom is 0.253 e. The minimum Gasteiger partial charge on any atom is -0.467 e. The van der Waals surface area contributed by atoms with Crippen molar-refractivity contribution in [2.75, 3.05) is 0 Å². The lowest BCUT2D eigenvalue weighted by molar-refractivity contribution is 0.0939. The number of furan rings is 1. The summed E-state index contributed by atoms with van der Waals surface area (Å²) in [5.41, 5.74) is 1.08. The molecule has 0 fully saturated rings. The zero-order valence-electron chi connectivity index (χ0n) is 12.0. The summed E-state index contributed by atoms with van der Waals surface area (Å²) in [6.07, 6.45) is 1.54. The number of carbonyl (C=O) groups is 1. The Morgan fingerprint density at radius 2 is 1.87 bits per heavy atom. The second-order valence-corrected chi connectivity index (χ2v) is 5.36. The minimum atomic E-state index is -0.489. The van der Waals surface area contributed by atoms with E-state index in [-0.39, 0.29) is 10.6 Å². The maximum atomic E-state index is 13.1. The molecular formula is C18H13ClFNO2. The minimum absolute atomic E-state index is 0.0637. The average molecular weight is 330 g/mol. The molecule has 0 saturated heterocycles. The zero-order chi connectivity index (χ0) is 16.2. The van der Waals surface area contributed by atoms with Crippen molar-refractivity contribution in [1.82, 2.24) is 5.32 Å². The van der Waals surface area contributed by atoms with Crippen molar-refractivity contribution in [1.29, 1.82) is 0 Å². The molecule has 1 aromatic heterocycles. The molecule has 0 radical (unpaired) electrons. The van der Waals surface area contributed by atoms with Crippen molar-refractivity contribution < 1.29 is 13.6 Å². The largest absolute Gasteiger partial charge is 0.467 e. The average Bonchev–Trinajstić information content (AvgIpc) is 3.07. The third kappa shape index (κ3) is 3.43. The number of carbonyl (C=O) groups excluding carboxylic acids is 1. The first-order valence-electron chi connectivity index (χ1n) is 6.99. The second-order valence-electron chi connectivity index (χ2n) is 4.96. The summed E-state index contributed by atoms with van der Waals surface area (Å²) in [5.74, 6) is -0.291. The number of hydrogen-bond donors (Lipinski definition) is 1. The molecule has 0 aliphatic heterocycles. The van der Waals surface area contributed by atoms with Gasteiger partial charge in [-0.1, -0.05) is 41.9 Å². The first kappa shape index (κ1) is 15.3. The lowest BCUT2D eigenvalue weighted by atomic mass is 10.0. The highest BCUT2D eigenvalue weighted by Gasteiger charge is 2.21. The predicted molar refractivity (Wildman–Crippen MR) is 85.9 cm³/mol. The van der Waals surface area contributed by atoms with E-state index in [9.17, 15) is 9.18 Å². The Labute approximate surface area is 137 Å². The molecule has 5 heteroatoms. The zero-order valence-corrected chi connectivity index (χ0v) is 12.8. The fraction of sp³-hybridized carbons (Fsp3) is 0.0556. The third-order valence-corrected chi connectivity index (χ3v) is 3.72. The van der Waals surface area contributed by atoms with Gasteiger partial charge in [0.05, 0.1) is 16.8 Å². The van der Waals surface area contributed by atoms with Gasteiger partial charge in [0.15, 0.2) is 0 Å². The summed E-state index contributed by atoms with van der Waals surface area (Å²) in [4.78, 5) is 12.5. The molecule has 0 aliphatic carbocycles. The fourth-order valence-electron chi connectivity index (χ4n) is 2.30. The molecule has 3 nitrogen and oxygen atoms in total. The van der Waals surface area contributed by atoms with Crippen LogP contribution in [0.3, 0.4) is 0 Å². The molecule has 1 heterocycles. The summed E-state index contributed by atoms with van der Waals surface area (Å²) in [7, 11) is 0. The summed E-state index contributed by atoms with van der Waals surface area (Å²) < 4.78 is 18.6. The van der Waals surface area contributed by atoms with Gasteiger partial charge in [0.25, 0.3) is 5.91 Å². The van der Waals surface area contributed by atoms with E-state index in [0.717, 1.165) is 11.6 Å². The van der Waals surface area contributed by atoms with E-state index in [1.165, 1.54) is 12.1 Å². The summed E-state index contributed by atoms with van der Waals surface area (Å²) in [6.45, 7) is 0. The molecular weight excluding hydrogens is 317 g/mol. The Bertz CT molecular complexity index is 803. The molecule has 2 aromatic carbocycles. The van der Waals surface area contributed by atoms with Crippen molar-refractivity contribution in [3.05, 3.63) is 94.7 Å². The molecule has 0 bridgehead atoms. The molecule has 23 heavy (non-hydrogen) atoms. The van der Waals surface area contributed by atoms with Gasteiger partial charge >= 0.3 is 0 Å². The van der Waals surface area contributed by atoms with Gasteiger partial charge in [-0.05, 0) is 35.9 Å².